The minimum absolute atomic E-state index is 0.866. The Labute approximate surface area is 146 Å². The Morgan fingerprint density at radius 2 is 1.22 bits per heavy atom. The fraction of sp³-hybridized carbons (Fsp3) is 1.00. The molecule has 2 aliphatic carbocycles. The van der Waals surface area contributed by atoms with Crippen molar-refractivity contribution in [1.29, 1.82) is 0 Å². The Bertz CT molecular complexity index is 272. The van der Waals surface area contributed by atoms with Gasteiger partial charge in [-0.05, 0) is 69.1 Å². The zero-order valence-corrected chi connectivity index (χ0v) is 16.0. The van der Waals surface area contributed by atoms with Gasteiger partial charge in [-0.1, -0.05) is 58.3 Å². The minimum Gasteiger partial charge on any atom is -0.381 e. The molecule has 0 bridgehead atoms. The van der Waals surface area contributed by atoms with Crippen LogP contribution in [0, 0.1) is 23.7 Å². The average Bonchev–Trinajstić information content (AvgIpc) is 2.61. The van der Waals surface area contributed by atoms with Gasteiger partial charge in [0, 0.05) is 13.2 Å². The molecule has 2 saturated carbocycles. The van der Waals surface area contributed by atoms with E-state index in [1.807, 2.05) is 0 Å². The highest BCUT2D eigenvalue weighted by molar-refractivity contribution is 4.82. The van der Waals surface area contributed by atoms with Crippen molar-refractivity contribution in [1.82, 2.24) is 0 Å². The summed E-state index contributed by atoms with van der Waals surface area (Å²) in [5.41, 5.74) is 0. The molecule has 1 nitrogen and oxygen atoms in total. The Kier molecular flexibility index (Phi) is 9.65. The van der Waals surface area contributed by atoms with E-state index in [0.29, 0.717) is 0 Å². The molecule has 0 unspecified atom stereocenters. The van der Waals surface area contributed by atoms with Gasteiger partial charge in [-0.15, -0.1) is 0 Å². The molecule has 2 aliphatic rings. The molecule has 0 radical (unpaired) electrons. The van der Waals surface area contributed by atoms with Crippen LogP contribution < -0.4 is 0 Å². The summed E-state index contributed by atoms with van der Waals surface area (Å²) in [6.45, 7) is 6.34. The molecule has 0 aromatic heterocycles. The summed E-state index contributed by atoms with van der Waals surface area (Å²) < 4.78 is 5.63. The molecule has 0 spiro atoms. The molecule has 0 amide bonds. The van der Waals surface area contributed by atoms with Crippen LogP contribution in [-0.2, 0) is 4.74 Å². The predicted octanol–water partition coefficient (Wildman–Crippen LogP) is 7.00. The van der Waals surface area contributed by atoms with Gasteiger partial charge in [-0.2, -0.15) is 0 Å². The molecule has 0 aromatic rings. The second-order valence-corrected chi connectivity index (χ2v) is 8.42. The molecule has 0 aromatic carbocycles. The quantitative estimate of drug-likeness (QED) is 0.393. The van der Waals surface area contributed by atoms with Gasteiger partial charge in [0.2, 0.25) is 0 Å². The van der Waals surface area contributed by atoms with Crippen molar-refractivity contribution in [2.45, 2.75) is 104 Å². The number of rotatable bonds is 10. The third-order valence-electron chi connectivity index (χ3n) is 6.72. The zero-order valence-electron chi connectivity index (χ0n) is 16.0. The van der Waals surface area contributed by atoms with Gasteiger partial charge in [0.1, 0.15) is 0 Å². The van der Waals surface area contributed by atoms with Gasteiger partial charge < -0.3 is 4.74 Å². The molecule has 0 N–H and O–H groups in total. The summed E-state index contributed by atoms with van der Waals surface area (Å²) in [5.74, 6) is 4.06. The van der Waals surface area contributed by atoms with Crippen LogP contribution in [-0.4, -0.2) is 13.2 Å². The lowest BCUT2D eigenvalue weighted by Gasteiger charge is -2.38. The highest BCUT2D eigenvalue weighted by Crippen LogP contribution is 2.42. The fourth-order valence-electron chi connectivity index (χ4n) is 5.10. The summed E-state index contributed by atoms with van der Waals surface area (Å²) in [6, 6.07) is 0. The monoisotopic (exact) mass is 322 g/mol. The van der Waals surface area contributed by atoms with Gasteiger partial charge >= 0.3 is 0 Å². The van der Waals surface area contributed by atoms with E-state index in [0.717, 1.165) is 36.9 Å². The Balaban J connectivity index is 1.54. The zero-order chi connectivity index (χ0) is 16.3. The first-order chi connectivity index (χ1) is 11.3. The number of hydrogen-bond acceptors (Lipinski definition) is 1. The maximum Gasteiger partial charge on any atom is 0.0494 e. The average molecular weight is 323 g/mol. The van der Waals surface area contributed by atoms with Crippen molar-refractivity contribution >= 4 is 0 Å². The molecule has 1 heteroatoms. The second-order valence-electron chi connectivity index (χ2n) is 8.42. The van der Waals surface area contributed by atoms with Gasteiger partial charge in [0.05, 0.1) is 0 Å². The summed E-state index contributed by atoms with van der Waals surface area (Å²) in [5, 5.41) is 0. The lowest BCUT2D eigenvalue weighted by molar-refractivity contribution is 0.0710. The molecule has 0 atom stereocenters. The van der Waals surface area contributed by atoms with E-state index in [2.05, 4.69) is 13.8 Å². The first-order valence-corrected chi connectivity index (χ1v) is 10.9. The van der Waals surface area contributed by atoms with Crippen LogP contribution in [0.25, 0.3) is 0 Å². The SMILES string of the molecule is CCCCCCCC1CCC(C2CCC(COCC)CC2)CC1. The normalized spacial score (nSPS) is 32.1. The predicted molar refractivity (Wildman–Crippen MR) is 101 cm³/mol. The van der Waals surface area contributed by atoms with Crippen LogP contribution in [0.4, 0.5) is 0 Å². The summed E-state index contributed by atoms with van der Waals surface area (Å²) in [7, 11) is 0. The Morgan fingerprint density at radius 3 is 1.78 bits per heavy atom. The summed E-state index contributed by atoms with van der Waals surface area (Å²) in [6.07, 6.45) is 20.8. The third-order valence-corrected chi connectivity index (χ3v) is 6.72. The maximum atomic E-state index is 5.63. The van der Waals surface area contributed by atoms with E-state index in [1.54, 1.807) is 12.8 Å². The maximum absolute atomic E-state index is 5.63. The highest BCUT2D eigenvalue weighted by atomic mass is 16.5. The van der Waals surface area contributed by atoms with Crippen LogP contribution in [0.1, 0.15) is 104 Å². The van der Waals surface area contributed by atoms with Gasteiger partial charge in [-0.3, -0.25) is 0 Å². The number of hydrogen-bond donors (Lipinski definition) is 0. The second kappa shape index (κ2) is 11.5. The largest absolute Gasteiger partial charge is 0.381 e. The van der Waals surface area contributed by atoms with Crippen molar-refractivity contribution < 1.29 is 4.74 Å². The molecule has 0 saturated heterocycles. The van der Waals surface area contributed by atoms with Crippen LogP contribution in [0.2, 0.25) is 0 Å². The van der Waals surface area contributed by atoms with E-state index in [9.17, 15) is 0 Å². The van der Waals surface area contributed by atoms with Crippen LogP contribution in [0.15, 0.2) is 0 Å². The smallest absolute Gasteiger partial charge is 0.0494 e. The van der Waals surface area contributed by atoms with E-state index < -0.39 is 0 Å². The third kappa shape index (κ3) is 7.16. The van der Waals surface area contributed by atoms with Crippen LogP contribution in [0.5, 0.6) is 0 Å². The molecule has 136 valence electrons. The van der Waals surface area contributed by atoms with Gasteiger partial charge in [0.25, 0.3) is 0 Å². The molecule has 2 fully saturated rings. The first kappa shape index (κ1) is 19.3. The first-order valence-electron chi connectivity index (χ1n) is 10.9. The van der Waals surface area contributed by atoms with E-state index in [1.165, 1.54) is 77.0 Å². The van der Waals surface area contributed by atoms with Gasteiger partial charge in [-0.25, -0.2) is 0 Å². The molecule has 23 heavy (non-hydrogen) atoms. The highest BCUT2D eigenvalue weighted by Gasteiger charge is 2.30. The van der Waals surface area contributed by atoms with Crippen molar-refractivity contribution in [2.75, 3.05) is 13.2 Å². The summed E-state index contributed by atoms with van der Waals surface area (Å²) >= 11 is 0. The van der Waals surface area contributed by atoms with Crippen molar-refractivity contribution in [3.63, 3.8) is 0 Å². The van der Waals surface area contributed by atoms with Crippen LogP contribution in [0.3, 0.4) is 0 Å². The fourth-order valence-corrected chi connectivity index (χ4v) is 5.10. The Hall–Kier alpha value is -0.0400. The lowest BCUT2D eigenvalue weighted by atomic mass is 9.69. The molecular formula is C22H42O. The van der Waals surface area contributed by atoms with E-state index >= 15 is 0 Å². The standard InChI is InChI=1S/C22H42O/c1-3-5-6-7-8-9-19-10-14-21(15-11-19)22-16-12-20(13-17-22)18-23-4-2/h19-22H,3-18H2,1-2H3. The molecule has 0 heterocycles. The van der Waals surface area contributed by atoms with Crippen molar-refractivity contribution in [2.24, 2.45) is 23.7 Å². The lowest BCUT2D eigenvalue weighted by Crippen LogP contribution is -2.27. The molecular weight excluding hydrogens is 280 g/mol. The molecule has 0 aliphatic heterocycles. The van der Waals surface area contributed by atoms with Crippen molar-refractivity contribution in [3.8, 4) is 0 Å². The van der Waals surface area contributed by atoms with E-state index in [4.69, 9.17) is 4.74 Å². The van der Waals surface area contributed by atoms with E-state index in [-0.39, 0.29) is 0 Å². The number of ether oxygens (including phenoxy) is 1. The summed E-state index contributed by atoms with van der Waals surface area (Å²) in [4.78, 5) is 0. The van der Waals surface area contributed by atoms with Crippen LogP contribution >= 0.6 is 0 Å². The van der Waals surface area contributed by atoms with Crippen molar-refractivity contribution in [3.05, 3.63) is 0 Å². The molecule has 2 rings (SSSR count). The topological polar surface area (TPSA) is 9.23 Å². The number of unbranched alkanes of at least 4 members (excludes halogenated alkanes) is 4. The minimum atomic E-state index is 0.866. The Morgan fingerprint density at radius 1 is 0.652 bits per heavy atom. The van der Waals surface area contributed by atoms with Gasteiger partial charge in [0.15, 0.2) is 0 Å².